The van der Waals surface area contributed by atoms with E-state index in [0.717, 1.165) is 12.1 Å². The molecule has 21 heavy (non-hydrogen) atoms. The molecular weight excluding hydrogens is 273 g/mol. The number of nitrogens with two attached hydrogens (primary N) is 1. The second kappa shape index (κ2) is 5.92. The Kier molecular flexibility index (Phi) is 4.05. The van der Waals surface area contributed by atoms with Gasteiger partial charge in [0.2, 0.25) is 0 Å². The average Bonchev–Trinajstić information content (AvgIpc) is 2.46. The molecule has 2 rings (SSSR count). The zero-order valence-corrected chi connectivity index (χ0v) is 11.2. The van der Waals surface area contributed by atoms with Crippen LogP contribution in [0.4, 0.5) is 15.8 Å². The minimum absolute atomic E-state index is 0.0962. The number of nitrogen functional groups attached to an aromatic ring is 1. The van der Waals surface area contributed by atoms with E-state index < -0.39 is 11.7 Å². The summed E-state index contributed by atoms with van der Waals surface area (Å²) in [4.78, 5) is 12.1. The molecule has 5 nitrogen and oxygen atoms in total. The summed E-state index contributed by atoms with van der Waals surface area (Å²) in [7, 11) is 1.42. The zero-order valence-electron chi connectivity index (χ0n) is 11.2. The van der Waals surface area contributed by atoms with Gasteiger partial charge in [-0.3, -0.25) is 4.79 Å². The Morgan fingerprint density at radius 1 is 1.33 bits per heavy atom. The van der Waals surface area contributed by atoms with E-state index in [1.165, 1.54) is 31.4 Å². The normalized spacial score (nSPS) is 9.76. The summed E-state index contributed by atoms with van der Waals surface area (Å²) < 4.78 is 18.4. The molecule has 0 unspecified atom stereocenters. The zero-order chi connectivity index (χ0) is 15.4. The summed E-state index contributed by atoms with van der Waals surface area (Å²) in [5.41, 5.74) is 6.54. The molecule has 3 N–H and O–H groups in total. The molecule has 0 aliphatic rings. The number of rotatable bonds is 3. The second-order valence-electron chi connectivity index (χ2n) is 4.25. The fourth-order valence-corrected chi connectivity index (χ4v) is 1.80. The molecular formula is C15H12FN3O2. The van der Waals surface area contributed by atoms with Gasteiger partial charge in [-0.25, -0.2) is 4.39 Å². The van der Waals surface area contributed by atoms with E-state index in [-0.39, 0.29) is 11.3 Å². The Balaban J connectivity index is 2.29. The maximum absolute atomic E-state index is 13.3. The molecule has 0 fully saturated rings. The van der Waals surface area contributed by atoms with Gasteiger partial charge in [-0.1, -0.05) is 0 Å². The highest BCUT2D eigenvalue weighted by molar-refractivity contribution is 6.05. The first-order valence-corrected chi connectivity index (χ1v) is 5.99. The van der Waals surface area contributed by atoms with Gasteiger partial charge >= 0.3 is 0 Å². The third-order valence-electron chi connectivity index (χ3n) is 2.76. The Labute approximate surface area is 120 Å². The lowest BCUT2D eigenvalue weighted by atomic mass is 10.1. The molecule has 0 bridgehead atoms. The highest BCUT2D eigenvalue weighted by Gasteiger charge is 2.12. The van der Waals surface area contributed by atoms with Crippen molar-refractivity contribution >= 4 is 17.3 Å². The molecule has 0 spiro atoms. The van der Waals surface area contributed by atoms with Crippen molar-refractivity contribution < 1.29 is 13.9 Å². The van der Waals surface area contributed by atoms with Crippen LogP contribution in [0.1, 0.15) is 15.9 Å². The van der Waals surface area contributed by atoms with Gasteiger partial charge in [0.15, 0.2) is 0 Å². The number of hydrogen-bond donors (Lipinski definition) is 2. The van der Waals surface area contributed by atoms with Crippen LogP contribution in [0, 0.1) is 17.1 Å². The van der Waals surface area contributed by atoms with Crippen molar-refractivity contribution in [3.8, 4) is 11.8 Å². The number of carbonyl (C=O) groups is 1. The van der Waals surface area contributed by atoms with E-state index in [1.54, 1.807) is 0 Å². The predicted octanol–water partition coefficient (Wildman–Crippen LogP) is 2.54. The number of methoxy groups -OCH3 is 1. The molecule has 0 saturated carbocycles. The quantitative estimate of drug-likeness (QED) is 0.848. The number of amides is 1. The lowest BCUT2D eigenvalue weighted by Crippen LogP contribution is -2.13. The summed E-state index contributed by atoms with van der Waals surface area (Å²) >= 11 is 0. The lowest BCUT2D eigenvalue weighted by Gasteiger charge is -2.10. The van der Waals surface area contributed by atoms with Gasteiger partial charge in [0.1, 0.15) is 11.6 Å². The summed E-state index contributed by atoms with van der Waals surface area (Å²) in [6.07, 6.45) is 0. The highest BCUT2D eigenvalue weighted by atomic mass is 19.1. The van der Waals surface area contributed by atoms with Crippen LogP contribution in [0.15, 0.2) is 36.4 Å². The van der Waals surface area contributed by atoms with Crippen LogP contribution in [-0.2, 0) is 0 Å². The Bertz CT molecular complexity index is 718. The number of anilines is 2. The minimum Gasteiger partial charge on any atom is -0.495 e. The maximum Gasteiger partial charge on any atom is 0.255 e. The molecule has 0 aliphatic carbocycles. The molecule has 0 aromatic heterocycles. The molecule has 2 aromatic carbocycles. The van der Waals surface area contributed by atoms with Crippen molar-refractivity contribution in [2.45, 2.75) is 0 Å². The molecule has 0 aliphatic heterocycles. The van der Waals surface area contributed by atoms with Crippen molar-refractivity contribution in [3.63, 3.8) is 0 Å². The van der Waals surface area contributed by atoms with Gasteiger partial charge in [-0.05, 0) is 30.3 Å². The second-order valence-corrected chi connectivity index (χ2v) is 4.25. The predicted molar refractivity (Wildman–Crippen MR) is 76.5 cm³/mol. The van der Waals surface area contributed by atoms with Crippen LogP contribution in [0.25, 0.3) is 0 Å². The van der Waals surface area contributed by atoms with Crippen molar-refractivity contribution in [3.05, 3.63) is 53.3 Å². The first-order chi connectivity index (χ1) is 10.0. The number of hydrogen-bond acceptors (Lipinski definition) is 4. The summed E-state index contributed by atoms with van der Waals surface area (Å²) in [6, 6.07) is 10.1. The monoisotopic (exact) mass is 285 g/mol. The Hall–Kier alpha value is -3.07. The number of nitriles is 1. The van der Waals surface area contributed by atoms with Crippen molar-refractivity contribution in [1.29, 1.82) is 5.26 Å². The van der Waals surface area contributed by atoms with Gasteiger partial charge in [-0.15, -0.1) is 0 Å². The Morgan fingerprint density at radius 2 is 2.10 bits per heavy atom. The number of nitrogens with one attached hydrogen (secondary N) is 1. The van der Waals surface area contributed by atoms with Crippen molar-refractivity contribution in [1.82, 2.24) is 0 Å². The molecule has 0 radical (unpaired) electrons. The topological polar surface area (TPSA) is 88.1 Å². The molecule has 0 atom stereocenters. The number of halogens is 1. The van der Waals surface area contributed by atoms with E-state index in [4.69, 9.17) is 15.7 Å². The van der Waals surface area contributed by atoms with E-state index >= 15 is 0 Å². The van der Waals surface area contributed by atoms with Gasteiger partial charge in [0.05, 0.1) is 24.4 Å². The molecule has 1 amide bonds. The molecule has 6 heteroatoms. The van der Waals surface area contributed by atoms with Gasteiger partial charge in [0, 0.05) is 17.3 Å². The number of nitrogens with zero attached hydrogens (tertiary/aromatic N) is 1. The first kappa shape index (κ1) is 14.3. The van der Waals surface area contributed by atoms with E-state index in [9.17, 15) is 9.18 Å². The minimum atomic E-state index is -0.591. The molecule has 106 valence electrons. The summed E-state index contributed by atoms with van der Waals surface area (Å²) in [5, 5.41) is 11.4. The van der Waals surface area contributed by atoms with E-state index in [0.29, 0.717) is 17.0 Å². The van der Waals surface area contributed by atoms with E-state index in [1.807, 2.05) is 6.07 Å². The molecule has 0 heterocycles. The third-order valence-corrected chi connectivity index (χ3v) is 2.76. The van der Waals surface area contributed by atoms with Crippen LogP contribution >= 0.6 is 0 Å². The van der Waals surface area contributed by atoms with Gasteiger partial charge < -0.3 is 15.8 Å². The van der Waals surface area contributed by atoms with Crippen LogP contribution in [0.3, 0.4) is 0 Å². The van der Waals surface area contributed by atoms with Crippen LogP contribution in [0.5, 0.6) is 5.75 Å². The largest absolute Gasteiger partial charge is 0.495 e. The lowest BCUT2D eigenvalue weighted by molar-refractivity contribution is 0.102. The van der Waals surface area contributed by atoms with Crippen molar-refractivity contribution in [2.24, 2.45) is 0 Å². The smallest absolute Gasteiger partial charge is 0.255 e. The third kappa shape index (κ3) is 3.28. The first-order valence-electron chi connectivity index (χ1n) is 5.99. The standard InChI is InChI=1S/C15H12FN3O2/c1-21-14-4-9(8-17)2-3-13(14)19-15(20)10-5-11(16)7-12(18)6-10/h2-7H,18H2,1H3,(H,19,20). The fraction of sp³-hybridized carbons (Fsp3) is 0.0667. The molecule has 0 saturated heterocycles. The maximum atomic E-state index is 13.3. The summed E-state index contributed by atoms with van der Waals surface area (Å²) in [6.45, 7) is 0. The number of carbonyl (C=O) groups excluding carboxylic acids is 1. The van der Waals surface area contributed by atoms with Gasteiger partial charge in [0.25, 0.3) is 5.91 Å². The SMILES string of the molecule is COc1cc(C#N)ccc1NC(=O)c1cc(N)cc(F)c1. The summed E-state index contributed by atoms with van der Waals surface area (Å²) in [5.74, 6) is -0.775. The number of benzene rings is 2. The Morgan fingerprint density at radius 3 is 2.71 bits per heavy atom. The fourth-order valence-electron chi connectivity index (χ4n) is 1.80. The van der Waals surface area contributed by atoms with Crippen LogP contribution in [0.2, 0.25) is 0 Å². The molecule has 2 aromatic rings. The van der Waals surface area contributed by atoms with Gasteiger partial charge in [-0.2, -0.15) is 5.26 Å². The van der Waals surface area contributed by atoms with Crippen LogP contribution < -0.4 is 15.8 Å². The van der Waals surface area contributed by atoms with E-state index in [2.05, 4.69) is 5.32 Å². The highest BCUT2D eigenvalue weighted by Crippen LogP contribution is 2.26. The average molecular weight is 285 g/mol. The van der Waals surface area contributed by atoms with Crippen LogP contribution in [-0.4, -0.2) is 13.0 Å². The number of ether oxygens (including phenoxy) is 1. The van der Waals surface area contributed by atoms with Crippen molar-refractivity contribution in [2.75, 3.05) is 18.2 Å².